The summed E-state index contributed by atoms with van der Waals surface area (Å²) in [6, 6.07) is 12.8. The molecule has 0 unspecified atom stereocenters. The van der Waals surface area contributed by atoms with E-state index in [0.29, 0.717) is 11.6 Å². The summed E-state index contributed by atoms with van der Waals surface area (Å²) in [5.74, 6) is -1.93. The molecule has 184 valence electrons. The number of methoxy groups -OCH3 is 1. The maximum Gasteiger partial charge on any atom is 0.305 e. The Bertz CT molecular complexity index is 1400. The monoisotopic (exact) mass is 521 g/mol. The van der Waals surface area contributed by atoms with Crippen LogP contribution in [0.25, 0.3) is 11.1 Å². The van der Waals surface area contributed by atoms with Gasteiger partial charge in [0.1, 0.15) is 23.5 Å². The van der Waals surface area contributed by atoms with E-state index in [4.69, 9.17) is 16.3 Å². The molecule has 4 rings (SSSR count). The van der Waals surface area contributed by atoms with Gasteiger partial charge >= 0.3 is 5.97 Å². The van der Waals surface area contributed by atoms with Crippen LogP contribution in [0.3, 0.4) is 0 Å². The molecule has 0 fully saturated rings. The van der Waals surface area contributed by atoms with E-state index in [-0.39, 0.29) is 46.3 Å². The highest BCUT2D eigenvalue weighted by Crippen LogP contribution is 2.42. The molecule has 35 heavy (non-hydrogen) atoms. The Kier molecular flexibility index (Phi) is 7.00. The molecule has 0 bridgehead atoms. The van der Waals surface area contributed by atoms with Crippen LogP contribution in [0, 0.1) is 18.6 Å². The summed E-state index contributed by atoms with van der Waals surface area (Å²) in [5, 5.41) is -0.285. The molecule has 0 saturated carbocycles. The van der Waals surface area contributed by atoms with Crippen LogP contribution in [0.5, 0.6) is 5.75 Å². The number of rotatable bonds is 6. The van der Waals surface area contributed by atoms with Gasteiger partial charge in [0.25, 0.3) is 10.0 Å². The minimum Gasteiger partial charge on any atom is -0.486 e. The summed E-state index contributed by atoms with van der Waals surface area (Å²) >= 11 is 6.08. The second-order valence-electron chi connectivity index (χ2n) is 8.14. The van der Waals surface area contributed by atoms with Gasteiger partial charge in [-0.3, -0.25) is 9.10 Å². The summed E-state index contributed by atoms with van der Waals surface area (Å²) in [7, 11) is -2.77. The van der Waals surface area contributed by atoms with Gasteiger partial charge in [-0.25, -0.2) is 17.2 Å². The van der Waals surface area contributed by atoms with Crippen molar-refractivity contribution in [3.05, 3.63) is 76.8 Å². The van der Waals surface area contributed by atoms with Crippen molar-refractivity contribution in [2.75, 3.05) is 18.0 Å². The number of ether oxygens (including phenoxy) is 2. The highest BCUT2D eigenvalue weighted by molar-refractivity contribution is 7.92. The number of carbonyl (C=O) groups excluding carboxylic acids is 1. The first kappa shape index (κ1) is 24.9. The van der Waals surface area contributed by atoms with Crippen molar-refractivity contribution in [3.63, 3.8) is 0 Å². The maximum absolute atomic E-state index is 14.1. The van der Waals surface area contributed by atoms with Crippen LogP contribution >= 0.6 is 11.6 Å². The minimum atomic E-state index is -4.04. The zero-order chi connectivity index (χ0) is 25.3. The number of aryl methyl sites for hydroxylation is 1. The predicted octanol–water partition coefficient (Wildman–Crippen LogP) is 5.50. The molecule has 3 aromatic rings. The van der Waals surface area contributed by atoms with Crippen molar-refractivity contribution >= 4 is 33.3 Å². The van der Waals surface area contributed by atoms with Crippen molar-refractivity contribution in [2.24, 2.45) is 0 Å². The summed E-state index contributed by atoms with van der Waals surface area (Å²) in [6.07, 6.45) is -0.345. The highest BCUT2D eigenvalue weighted by atomic mass is 35.5. The normalized spacial score (nSPS) is 15.3. The number of benzene rings is 3. The molecule has 1 aliphatic heterocycles. The molecule has 6 nitrogen and oxygen atoms in total. The maximum atomic E-state index is 14.1. The lowest BCUT2D eigenvalue weighted by molar-refractivity contribution is -0.141. The first-order valence-corrected chi connectivity index (χ1v) is 12.5. The number of fused-ring (bicyclic) bond motifs is 1. The molecular weight excluding hydrogens is 500 g/mol. The fourth-order valence-corrected chi connectivity index (χ4v) is 5.73. The van der Waals surface area contributed by atoms with Gasteiger partial charge in [0.05, 0.1) is 29.3 Å². The quantitative estimate of drug-likeness (QED) is 0.316. The molecule has 1 aliphatic rings. The van der Waals surface area contributed by atoms with Crippen LogP contribution in [0.4, 0.5) is 14.5 Å². The molecule has 3 aromatic carbocycles. The molecule has 0 aromatic heterocycles. The van der Waals surface area contributed by atoms with E-state index >= 15 is 0 Å². The lowest BCUT2D eigenvalue weighted by Crippen LogP contribution is -2.43. The molecule has 1 heterocycles. The van der Waals surface area contributed by atoms with Gasteiger partial charge < -0.3 is 9.47 Å². The topological polar surface area (TPSA) is 72.9 Å². The molecule has 10 heteroatoms. The fourth-order valence-electron chi connectivity index (χ4n) is 3.91. The van der Waals surface area contributed by atoms with Gasteiger partial charge in [-0.2, -0.15) is 0 Å². The number of sulfonamides is 1. The van der Waals surface area contributed by atoms with Crippen molar-refractivity contribution in [3.8, 4) is 16.9 Å². The van der Waals surface area contributed by atoms with E-state index in [2.05, 4.69) is 4.74 Å². The molecule has 0 spiro atoms. The standard InChI is InChI=1S/C25H22ClF2NO5S/c1-15-4-3-5-19(10-15)35(31,32)29-14-18(7-9-24(30)33-2)34-23-8-6-16(11-22(23)29)20-12-17(27)13-21(28)25(20)26/h3-6,8,10-13,18H,7,9,14H2,1-2H3/t18-/m0/s1. The van der Waals surface area contributed by atoms with E-state index in [9.17, 15) is 22.0 Å². The number of hydrogen-bond acceptors (Lipinski definition) is 5. The summed E-state index contributed by atoms with van der Waals surface area (Å²) in [5.41, 5.74) is 1.34. The number of halogens is 3. The van der Waals surface area contributed by atoms with Crippen molar-refractivity contribution in [1.29, 1.82) is 0 Å². The molecule has 0 aliphatic carbocycles. The van der Waals surface area contributed by atoms with E-state index in [0.717, 1.165) is 11.6 Å². The highest BCUT2D eigenvalue weighted by Gasteiger charge is 2.35. The summed E-state index contributed by atoms with van der Waals surface area (Å²) in [4.78, 5) is 11.7. The van der Waals surface area contributed by atoms with Crippen molar-refractivity contribution < 1.29 is 31.5 Å². The second-order valence-corrected chi connectivity index (χ2v) is 10.4. The first-order chi connectivity index (χ1) is 16.6. The Hall–Kier alpha value is -3.17. The number of esters is 1. The molecular formula is C25H22ClF2NO5S. The Labute approximate surface area is 207 Å². The van der Waals surface area contributed by atoms with E-state index in [1.54, 1.807) is 31.2 Å². The summed E-state index contributed by atoms with van der Waals surface area (Å²) in [6.45, 7) is 1.71. The molecule has 0 saturated heterocycles. The third-order valence-corrected chi connectivity index (χ3v) is 7.83. The van der Waals surface area contributed by atoms with Gasteiger partial charge in [0.2, 0.25) is 0 Å². The van der Waals surface area contributed by atoms with Crippen LogP contribution in [0.1, 0.15) is 18.4 Å². The number of hydrogen-bond donors (Lipinski definition) is 0. The second kappa shape index (κ2) is 9.83. The van der Waals surface area contributed by atoms with Gasteiger partial charge in [-0.1, -0.05) is 29.8 Å². The van der Waals surface area contributed by atoms with E-state index in [1.807, 2.05) is 0 Å². The van der Waals surface area contributed by atoms with Crippen molar-refractivity contribution in [2.45, 2.75) is 30.8 Å². The van der Waals surface area contributed by atoms with E-state index < -0.39 is 33.7 Å². The zero-order valence-corrected chi connectivity index (χ0v) is 20.5. The van der Waals surface area contributed by atoms with E-state index in [1.165, 1.54) is 29.6 Å². The number of carbonyl (C=O) groups is 1. The molecule has 1 atom stereocenters. The molecule has 0 N–H and O–H groups in total. The average Bonchev–Trinajstić information content (AvgIpc) is 2.83. The van der Waals surface area contributed by atoms with Crippen LogP contribution < -0.4 is 9.04 Å². The smallest absolute Gasteiger partial charge is 0.305 e. The van der Waals surface area contributed by atoms with Crippen LogP contribution in [-0.4, -0.2) is 34.1 Å². The van der Waals surface area contributed by atoms with Gasteiger partial charge in [-0.05, 0) is 54.8 Å². The largest absolute Gasteiger partial charge is 0.486 e. The number of anilines is 1. The molecule has 0 amide bonds. The van der Waals surface area contributed by atoms with Crippen LogP contribution in [0.15, 0.2) is 59.5 Å². The molecule has 0 radical (unpaired) electrons. The Morgan fingerprint density at radius 3 is 2.66 bits per heavy atom. The predicted molar refractivity (Wildman–Crippen MR) is 128 cm³/mol. The Morgan fingerprint density at radius 2 is 1.94 bits per heavy atom. The Balaban J connectivity index is 1.82. The zero-order valence-electron chi connectivity index (χ0n) is 18.9. The van der Waals surface area contributed by atoms with Crippen LogP contribution in [-0.2, 0) is 19.6 Å². The lowest BCUT2D eigenvalue weighted by Gasteiger charge is -2.36. The van der Waals surface area contributed by atoms with Crippen LogP contribution in [0.2, 0.25) is 5.02 Å². The van der Waals surface area contributed by atoms with Crippen molar-refractivity contribution in [1.82, 2.24) is 0 Å². The van der Waals surface area contributed by atoms with Gasteiger partial charge in [0.15, 0.2) is 0 Å². The van der Waals surface area contributed by atoms with Gasteiger partial charge in [-0.15, -0.1) is 0 Å². The SMILES string of the molecule is COC(=O)CC[C@H]1CN(S(=O)(=O)c2cccc(C)c2)c2cc(-c3cc(F)cc(F)c3Cl)ccc2O1. The van der Waals surface area contributed by atoms with Gasteiger partial charge in [0, 0.05) is 18.1 Å². The third kappa shape index (κ3) is 5.11. The minimum absolute atomic E-state index is 0.0467. The first-order valence-electron chi connectivity index (χ1n) is 10.7. The average molecular weight is 522 g/mol. The third-order valence-electron chi connectivity index (χ3n) is 5.67. The lowest BCUT2D eigenvalue weighted by atomic mass is 10.0. The fraction of sp³-hybridized carbons (Fsp3) is 0.240. The number of nitrogens with zero attached hydrogens (tertiary/aromatic N) is 1. The summed E-state index contributed by atoms with van der Waals surface area (Å²) < 4.78 is 67.3. The Morgan fingerprint density at radius 1 is 1.17 bits per heavy atom.